The number of carbonyl (C=O) groups is 1. The highest BCUT2D eigenvalue weighted by Gasteiger charge is 2.27. The molecular formula is C23H24N2O3S2. The summed E-state index contributed by atoms with van der Waals surface area (Å²) in [7, 11) is -3.92. The number of sulfonamides is 1. The molecule has 0 saturated carbocycles. The van der Waals surface area contributed by atoms with E-state index in [2.05, 4.69) is 5.32 Å². The lowest BCUT2D eigenvalue weighted by molar-refractivity contribution is -0.114. The third-order valence-corrected chi connectivity index (χ3v) is 7.26. The first kappa shape index (κ1) is 21.9. The number of anilines is 2. The Morgan fingerprint density at radius 2 is 1.67 bits per heavy atom. The minimum atomic E-state index is -3.92. The number of hydrogen-bond donors (Lipinski definition) is 1. The molecule has 0 aromatic heterocycles. The highest BCUT2D eigenvalue weighted by atomic mass is 32.2. The molecule has 1 amide bonds. The Hall–Kier alpha value is -2.77. The topological polar surface area (TPSA) is 66.5 Å². The van der Waals surface area contributed by atoms with Gasteiger partial charge in [-0.2, -0.15) is 0 Å². The van der Waals surface area contributed by atoms with Gasteiger partial charge in [0.15, 0.2) is 0 Å². The number of rotatable bonds is 7. The number of hydrogen-bond acceptors (Lipinski definition) is 4. The van der Waals surface area contributed by atoms with E-state index in [9.17, 15) is 13.2 Å². The van der Waals surface area contributed by atoms with Gasteiger partial charge in [0.2, 0.25) is 5.91 Å². The van der Waals surface area contributed by atoms with Crippen molar-refractivity contribution >= 4 is 39.1 Å². The Balaban J connectivity index is 1.95. The van der Waals surface area contributed by atoms with Gasteiger partial charge in [-0.3, -0.25) is 9.10 Å². The molecule has 0 unspecified atom stereocenters. The highest BCUT2D eigenvalue weighted by Crippen LogP contribution is 2.26. The van der Waals surface area contributed by atoms with Gasteiger partial charge < -0.3 is 5.32 Å². The minimum absolute atomic E-state index is 0.139. The summed E-state index contributed by atoms with van der Waals surface area (Å²) in [5.41, 5.74) is 3.09. The number of carbonyl (C=O) groups excluding carboxylic acids is 1. The lowest BCUT2D eigenvalue weighted by Gasteiger charge is -2.25. The second kappa shape index (κ2) is 9.36. The summed E-state index contributed by atoms with van der Waals surface area (Å²) in [6.45, 7) is 3.55. The molecule has 7 heteroatoms. The van der Waals surface area contributed by atoms with Crippen LogP contribution in [-0.4, -0.2) is 27.1 Å². The van der Waals surface area contributed by atoms with Crippen LogP contribution in [-0.2, 0) is 14.8 Å². The molecule has 0 heterocycles. The highest BCUT2D eigenvalue weighted by molar-refractivity contribution is 7.98. The Kier molecular flexibility index (Phi) is 6.84. The molecule has 3 aromatic carbocycles. The van der Waals surface area contributed by atoms with Crippen molar-refractivity contribution < 1.29 is 13.2 Å². The first-order chi connectivity index (χ1) is 14.3. The summed E-state index contributed by atoms with van der Waals surface area (Å²) in [5.74, 6) is -0.411. The molecule has 0 radical (unpaired) electrons. The van der Waals surface area contributed by atoms with Crippen LogP contribution >= 0.6 is 11.8 Å². The van der Waals surface area contributed by atoms with Gasteiger partial charge in [-0.15, -0.1) is 11.8 Å². The zero-order chi connectivity index (χ0) is 21.7. The van der Waals surface area contributed by atoms with Gasteiger partial charge in [-0.1, -0.05) is 30.3 Å². The molecule has 3 rings (SSSR count). The number of aryl methyl sites for hydroxylation is 2. The van der Waals surface area contributed by atoms with Gasteiger partial charge in [0.1, 0.15) is 6.54 Å². The van der Waals surface area contributed by atoms with Gasteiger partial charge in [0.05, 0.1) is 10.6 Å². The molecule has 156 valence electrons. The fourth-order valence-corrected chi connectivity index (χ4v) is 4.84. The van der Waals surface area contributed by atoms with Crippen molar-refractivity contribution in [2.45, 2.75) is 23.6 Å². The molecule has 5 nitrogen and oxygen atoms in total. The van der Waals surface area contributed by atoms with Crippen molar-refractivity contribution in [3.63, 3.8) is 0 Å². The van der Waals surface area contributed by atoms with E-state index in [0.29, 0.717) is 11.4 Å². The molecule has 1 N–H and O–H groups in total. The van der Waals surface area contributed by atoms with E-state index in [1.807, 2.05) is 44.4 Å². The van der Waals surface area contributed by atoms with E-state index in [4.69, 9.17) is 0 Å². The van der Waals surface area contributed by atoms with Crippen molar-refractivity contribution in [2.75, 3.05) is 22.4 Å². The number of nitrogens with zero attached hydrogens (tertiary/aromatic N) is 1. The lowest BCUT2D eigenvalue weighted by Crippen LogP contribution is -2.38. The largest absolute Gasteiger partial charge is 0.324 e. The third-order valence-electron chi connectivity index (χ3n) is 4.75. The number of benzene rings is 3. The van der Waals surface area contributed by atoms with Crippen molar-refractivity contribution in [3.8, 4) is 0 Å². The monoisotopic (exact) mass is 440 g/mol. The summed E-state index contributed by atoms with van der Waals surface area (Å²) in [6.07, 6.45) is 1.95. The molecule has 0 bridgehead atoms. The average molecular weight is 441 g/mol. The van der Waals surface area contributed by atoms with E-state index in [1.54, 1.807) is 48.2 Å². The van der Waals surface area contributed by atoms with E-state index < -0.39 is 15.9 Å². The van der Waals surface area contributed by atoms with Crippen LogP contribution in [0.15, 0.2) is 82.6 Å². The molecule has 0 fully saturated rings. The zero-order valence-electron chi connectivity index (χ0n) is 17.1. The molecule has 30 heavy (non-hydrogen) atoms. The molecule has 0 aliphatic heterocycles. The van der Waals surface area contributed by atoms with Gasteiger partial charge >= 0.3 is 0 Å². The van der Waals surface area contributed by atoms with E-state index in [0.717, 1.165) is 20.3 Å². The summed E-state index contributed by atoms with van der Waals surface area (Å²) < 4.78 is 27.9. The quantitative estimate of drug-likeness (QED) is 0.533. The fourth-order valence-electron chi connectivity index (χ4n) is 2.95. The normalized spacial score (nSPS) is 11.2. The van der Waals surface area contributed by atoms with Crippen LogP contribution in [0.25, 0.3) is 0 Å². The Morgan fingerprint density at radius 3 is 2.33 bits per heavy atom. The van der Waals surface area contributed by atoms with Crippen LogP contribution in [0.1, 0.15) is 11.1 Å². The molecule has 0 aliphatic carbocycles. The van der Waals surface area contributed by atoms with Gasteiger partial charge in [-0.25, -0.2) is 8.42 Å². The standard InChI is InChI=1S/C23H24N2O3S2/c1-17-12-13-20(14-18(17)2)25(30(27,28)22-10-5-4-6-11-22)16-23(26)24-19-8-7-9-21(15-19)29-3/h4-15H,16H2,1-3H3,(H,24,26). The number of amides is 1. The van der Waals surface area contributed by atoms with Gasteiger partial charge in [-0.05, 0) is 73.7 Å². The molecular weight excluding hydrogens is 416 g/mol. The molecule has 0 aliphatic rings. The summed E-state index contributed by atoms with van der Waals surface area (Å²) in [4.78, 5) is 14.0. The van der Waals surface area contributed by atoms with Crippen molar-refractivity contribution in [1.29, 1.82) is 0 Å². The van der Waals surface area contributed by atoms with Crippen LogP contribution in [0.2, 0.25) is 0 Å². The Bertz CT molecular complexity index is 1150. The molecule has 0 saturated heterocycles. The molecule has 3 aromatic rings. The fraction of sp³-hybridized carbons (Fsp3) is 0.174. The van der Waals surface area contributed by atoms with Crippen LogP contribution in [0, 0.1) is 13.8 Å². The maximum absolute atomic E-state index is 13.4. The SMILES string of the molecule is CSc1cccc(NC(=O)CN(c2ccc(C)c(C)c2)S(=O)(=O)c2ccccc2)c1. The zero-order valence-corrected chi connectivity index (χ0v) is 18.8. The lowest BCUT2D eigenvalue weighted by atomic mass is 10.1. The third kappa shape index (κ3) is 5.04. The summed E-state index contributed by atoms with van der Waals surface area (Å²) in [5, 5.41) is 2.81. The first-order valence-electron chi connectivity index (χ1n) is 9.40. The first-order valence-corrected chi connectivity index (χ1v) is 12.1. The second-order valence-electron chi connectivity index (χ2n) is 6.87. The van der Waals surface area contributed by atoms with Crippen LogP contribution in [0.5, 0.6) is 0 Å². The Labute approximate surface area is 182 Å². The van der Waals surface area contributed by atoms with Crippen molar-refractivity contribution in [2.24, 2.45) is 0 Å². The van der Waals surface area contributed by atoms with Gasteiger partial charge in [0, 0.05) is 10.6 Å². The Morgan fingerprint density at radius 1 is 0.933 bits per heavy atom. The number of thioether (sulfide) groups is 1. The molecule has 0 atom stereocenters. The second-order valence-corrected chi connectivity index (χ2v) is 9.62. The van der Waals surface area contributed by atoms with Crippen LogP contribution in [0.4, 0.5) is 11.4 Å². The van der Waals surface area contributed by atoms with Gasteiger partial charge in [0.25, 0.3) is 10.0 Å². The van der Waals surface area contributed by atoms with Crippen LogP contribution in [0.3, 0.4) is 0 Å². The van der Waals surface area contributed by atoms with Crippen molar-refractivity contribution in [1.82, 2.24) is 0 Å². The van der Waals surface area contributed by atoms with Crippen molar-refractivity contribution in [3.05, 3.63) is 83.9 Å². The average Bonchev–Trinajstić information content (AvgIpc) is 2.74. The maximum Gasteiger partial charge on any atom is 0.264 e. The predicted octanol–water partition coefficient (Wildman–Crippen LogP) is 4.86. The smallest absolute Gasteiger partial charge is 0.264 e. The van der Waals surface area contributed by atoms with E-state index >= 15 is 0 Å². The number of nitrogens with one attached hydrogen (secondary N) is 1. The van der Waals surface area contributed by atoms with E-state index in [-0.39, 0.29) is 11.4 Å². The summed E-state index contributed by atoms with van der Waals surface area (Å²) >= 11 is 1.57. The minimum Gasteiger partial charge on any atom is -0.324 e. The van der Waals surface area contributed by atoms with Crippen LogP contribution < -0.4 is 9.62 Å². The predicted molar refractivity (Wildman–Crippen MR) is 124 cm³/mol. The van der Waals surface area contributed by atoms with E-state index in [1.165, 1.54) is 12.1 Å². The maximum atomic E-state index is 13.4. The summed E-state index contributed by atoms with van der Waals surface area (Å²) in [6, 6.07) is 21.0. The molecule has 0 spiro atoms.